The van der Waals surface area contributed by atoms with Crippen molar-refractivity contribution in [2.75, 3.05) is 33.9 Å². The first-order valence-corrected chi connectivity index (χ1v) is 11.2. The first-order chi connectivity index (χ1) is 13.7. The van der Waals surface area contributed by atoms with Crippen LogP contribution in [0.2, 0.25) is 0 Å². The average molecular weight is 422 g/mol. The smallest absolute Gasteiger partial charge is 0.166 e. The van der Waals surface area contributed by atoms with Gasteiger partial charge in [0.05, 0.1) is 14.2 Å². The molecule has 4 nitrogen and oxygen atoms in total. The number of benzene rings is 1. The van der Waals surface area contributed by atoms with Crippen molar-refractivity contribution >= 4 is 18.2 Å². The standard InChI is InChI=1S/C24H35NO3.ClH/c1-27-22-14-19-13-20(24(26)21(19)15-23(22)28-2)12-17-8-10-25(11-9-17)16-18-6-4-3-5-7-18;/h14-15,17-18,20H,3-13,16H2,1-2H3;1H. The molecule has 1 aromatic rings. The minimum Gasteiger partial charge on any atom is -0.493 e. The van der Waals surface area contributed by atoms with Crippen LogP contribution in [0.5, 0.6) is 11.5 Å². The van der Waals surface area contributed by atoms with E-state index in [9.17, 15) is 4.79 Å². The van der Waals surface area contributed by atoms with Gasteiger partial charge in [0.2, 0.25) is 0 Å². The highest BCUT2D eigenvalue weighted by atomic mass is 35.5. The predicted octanol–water partition coefficient (Wildman–Crippen LogP) is 5.16. The van der Waals surface area contributed by atoms with E-state index in [4.69, 9.17) is 9.47 Å². The number of carbonyl (C=O) groups excluding carboxylic acids is 1. The lowest BCUT2D eigenvalue weighted by Gasteiger charge is -2.36. The second-order valence-corrected chi connectivity index (χ2v) is 9.11. The number of rotatable bonds is 6. The molecular formula is C24H36ClNO3. The van der Waals surface area contributed by atoms with Gasteiger partial charge in [-0.1, -0.05) is 19.3 Å². The van der Waals surface area contributed by atoms with Crippen molar-refractivity contribution < 1.29 is 14.3 Å². The van der Waals surface area contributed by atoms with Crippen molar-refractivity contribution in [3.05, 3.63) is 23.3 Å². The lowest BCUT2D eigenvalue weighted by molar-refractivity contribution is 0.0888. The molecule has 29 heavy (non-hydrogen) atoms. The first-order valence-electron chi connectivity index (χ1n) is 11.2. The summed E-state index contributed by atoms with van der Waals surface area (Å²) < 4.78 is 10.8. The molecule has 1 saturated carbocycles. The molecule has 0 N–H and O–H groups in total. The molecule has 1 heterocycles. The van der Waals surface area contributed by atoms with E-state index >= 15 is 0 Å². The van der Waals surface area contributed by atoms with Gasteiger partial charge in [0.15, 0.2) is 17.3 Å². The fourth-order valence-electron chi connectivity index (χ4n) is 5.63. The summed E-state index contributed by atoms with van der Waals surface area (Å²) in [6.45, 7) is 3.74. The number of fused-ring (bicyclic) bond motifs is 1. The van der Waals surface area contributed by atoms with Crippen LogP contribution in [0, 0.1) is 17.8 Å². The minimum absolute atomic E-state index is 0. The fraction of sp³-hybridized carbons (Fsp3) is 0.708. The number of hydrogen-bond acceptors (Lipinski definition) is 4. The quantitative estimate of drug-likeness (QED) is 0.635. The van der Waals surface area contributed by atoms with Gasteiger partial charge in [-0.15, -0.1) is 12.4 Å². The molecule has 1 aromatic carbocycles. The Balaban J connectivity index is 0.00000240. The molecule has 4 rings (SSSR count). The van der Waals surface area contributed by atoms with Crippen LogP contribution in [-0.2, 0) is 6.42 Å². The summed E-state index contributed by atoms with van der Waals surface area (Å²) >= 11 is 0. The Bertz CT molecular complexity index is 694. The molecule has 5 heteroatoms. The van der Waals surface area contributed by atoms with E-state index in [1.165, 1.54) is 64.6 Å². The maximum Gasteiger partial charge on any atom is 0.166 e. The van der Waals surface area contributed by atoms with E-state index in [1.807, 2.05) is 12.1 Å². The van der Waals surface area contributed by atoms with Crippen LogP contribution in [0.4, 0.5) is 0 Å². The van der Waals surface area contributed by atoms with Gasteiger partial charge in [-0.2, -0.15) is 0 Å². The number of nitrogens with zero attached hydrogens (tertiary/aromatic N) is 1. The minimum atomic E-state index is 0. The Hall–Kier alpha value is -1.26. The molecule has 0 radical (unpaired) electrons. The number of methoxy groups -OCH3 is 2. The lowest BCUT2D eigenvalue weighted by Crippen LogP contribution is -2.38. The third-order valence-corrected chi connectivity index (χ3v) is 7.28. The third-order valence-electron chi connectivity index (χ3n) is 7.28. The molecule has 1 aliphatic heterocycles. The molecule has 0 aromatic heterocycles. The molecule has 0 amide bonds. The zero-order valence-electron chi connectivity index (χ0n) is 18.0. The first kappa shape index (κ1) is 22.4. The Kier molecular flexibility index (Phi) is 7.86. The molecule has 1 unspecified atom stereocenters. The average Bonchev–Trinajstić information content (AvgIpc) is 3.03. The number of carbonyl (C=O) groups is 1. The summed E-state index contributed by atoms with van der Waals surface area (Å²) in [5, 5.41) is 0. The van der Waals surface area contributed by atoms with E-state index in [2.05, 4.69) is 4.90 Å². The number of Topliss-reactive ketones (excluding diaryl/α,β-unsaturated/α-hetero) is 1. The van der Waals surface area contributed by atoms with Crippen LogP contribution in [0.3, 0.4) is 0 Å². The van der Waals surface area contributed by atoms with Crippen molar-refractivity contribution in [2.24, 2.45) is 17.8 Å². The van der Waals surface area contributed by atoms with Crippen LogP contribution >= 0.6 is 12.4 Å². The topological polar surface area (TPSA) is 38.8 Å². The van der Waals surface area contributed by atoms with Crippen LogP contribution in [0.15, 0.2) is 12.1 Å². The maximum atomic E-state index is 13.0. The van der Waals surface area contributed by atoms with Gasteiger partial charge >= 0.3 is 0 Å². The number of ketones is 1. The monoisotopic (exact) mass is 421 g/mol. The Morgan fingerprint density at radius 2 is 1.59 bits per heavy atom. The van der Waals surface area contributed by atoms with E-state index in [1.54, 1.807) is 14.2 Å². The van der Waals surface area contributed by atoms with Gasteiger partial charge in [0, 0.05) is 18.0 Å². The van der Waals surface area contributed by atoms with E-state index in [0.717, 1.165) is 35.6 Å². The molecule has 3 aliphatic rings. The maximum absolute atomic E-state index is 13.0. The Morgan fingerprint density at radius 1 is 0.931 bits per heavy atom. The van der Waals surface area contributed by atoms with Crippen LogP contribution < -0.4 is 9.47 Å². The second-order valence-electron chi connectivity index (χ2n) is 9.11. The molecule has 1 saturated heterocycles. The van der Waals surface area contributed by atoms with Gasteiger partial charge in [0.25, 0.3) is 0 Å². The lowest BCUT2D eigenvalue weighted by atomic mass is 9.84. The summed E-state index contributed by atoms with van der Waals surface area (Å²) in [6.07, 6.45) is 11.6. The Labute approximate surface area is 181 Å². The number of ether oxygens (including phenoxy) is 2. The zero-order chi connectivity index (χ0) is 19.5. The van der Waals surface area contributed by atoms with Crippen molar-refractivity contribution in [1.82, 2.24) is 4.90 Å². The molecule has 162 valence electrons. The van der Waals surface area contributed by atoms with Gasteiger partial charge in [0.1, 0.15) is 0 Å². The van der Waals surface area contributed by atoms with E-state index < -0.39 is 0 Å². The van der Waals surface area contributed by atoms with Gasteiger partial charge in [-0.25, -0.2) is 0 Å². The number of hydrogen-bond donors (Lipinski definition) is 0. The highest BCUT2D eigenvalue weighted by Crippen LogP contribution is 2.39. The van der Waals surface area contributed by atoms with Crippen molar-refractivity contribution in [3.63, 3.8) is 0 Å². The van der Waals surface area contributed by atoms with Gasteiger partial charge in [-0.3, -0.25) is 4.79 Å². The normalized spacial score (nSPS) is 23.5. The van der Waals surface area contributed by atoms with Crippen LogP contribution in [-0.4, -0.2) is 44.5 Å². The Morgan fingerprint density at radius 3 is 2.24 bits per heavy atom. The van der Waals surface area contributed by atoms with Crippen molar-refractivity contribution in [1.29, 1.82) is 0 Å². The molecule has 2 fully saturated rings. The zero-order valence-corrected chi connectivity index (χ0v) is 18.8. The SMILES string of the molecule is COc1cc2c(cc1OC)C(=O)C(CC1CCN(CC3CCCCC3)CC1)C2.Cl. The second kappa shape index (κ2) is 10.2. The number of piperidine rings is 1. The van der Waals surface area contributed by atoms with Gasteiger partial charge in [-0.05, 0) is 81.1 Å². The van der Waals surface area contributed by atoms with Crippen LogP contribution in [0.25, 0.3) is 0 Å². The van der Waals surface area contributed by atoms with E-state index in [-0.39, 0.29) is 18.3 Å². The van der Waals surface area contributed by atoms with E-state index in [0.29, 0.717) is 17.5 Å². The molecule has 1 atom stereocenters. The highest BCUT2D eigenvalue weighted by molar-refractivity contribution is 6.02. The largest absolute Gasteiger partial charge is 0.493 e. The summed E-state index contributed by atoms with van der Waals surface area (Å²) in [5.41, 5.74) is 1.97. The van der Waals surface area contributed by atoms with Gasteiger partial charge < -0.3 is 14.4 Å². The summed E-state index contributed by atoms with van der Waals surface area (Å²) in [7, 11) is 3.28. The third kappa shape index (κ3) is 5.08. The van der Waals surface area contributed by atoms with Crippen molar-refractivity contribution in [2.45, 2.75) is 57.8 Å². The molecule has 2 aliphatic carbocycles. The van der Waals surface area contributed by atoms with Crippen molar-refractivity contribution in [3.8, 4) is 11.5 Å². The fourth-order valence-corrected chi connectivity index (χ4v) is 5.63. The molecule has 0 spiro atoms. The summed E-state index contributed by atoms with van der Waals surface area (Å²) in [6, 6.07) is 3.88. The van der Waals surface area contributed by atoms with Crippen LogP contribution in [0.1, 0.15) is 67.3 Å². The molecule has 0 bridgehead atoms. The predicted molar refractivity (Wildman–Crippen MR) is 119 cm³/mol. The molecular weight excluding hydrogens is 386 g/mol. The summed E-state index contributed by atoms with van der Waals surface area (Å²) in [5.74, 6) is 3.45. The number of halogens is 1. The number of likely N-dealkylation sites (tertiary alicyclic amines) is 1. The summed E-state index contributed by atoms with van der Waals surface area (Å²) in [4.78, 5) is 15.6. The highest BCUT2D eigenvalue weighted by Gasteiger charge is 2.34.